The molecule has 0 aliphatic heterocycles. The van der Waals surface area contributed by atoms with Crippen LogP contribution in [0, 0.1) is 13.8 Å². The van der Waals surface area contributed by atoms with E-state index < -0.39 is 5.91 Å². The summed E-state index contributed by atoms with van der Waals surface area (Å²) in [6, 6.07) is 6.56. The third-order valence-corrected chi connectivity index (χ3v) is 2.84. The molecule has 1 atom stereocenters. The van der Waals surface area contributed by atoms with Crippen molar-refractivity contribution < 1.29 is 9.21 Å². The molecule has 2 aromatic heterocycles. The summed E-state index contributed by atoms with van der Waals surface area (Å²) in [5, 5.41) is 2.73. The fraction of sp³-hybridized carbons (Fsp3) is 0.286. The Morgan fingerprint density at radius 3 is 2.58 bits per heavy atom. The summed E-state index contributed by atoms with van der Waals surface area (Å²) in [5.74, 6) is 1.03. The molecule has 2 rings (SSSR count). The van der Waals surface area contributed by atoms with E-state index in [0.29, 0.717) is 5.76 Å². The predicted molar refractivity (Wildman–Crippen MR) is 71.1 cm³/mol. The van der Waals surface area contributed by atoms with E-state index in [1.54, 1.807) is 26.0 Å². The number of nitrogens with one attached hydrogen (secondary N) is 2. The summed E-state index contributed by atoms with van der Waals surface area (Å²) in [6.07, 6.45) is 0. The van der Waals surface area contributed by atoms with E-state index in [-0.39, 0.29) is 17.2 Å². The second kappa shape index (κ2) is 5.14. The van der Waals surface area contributed by atoms with Gasteiger partial charge in [-0.1, -0.05) is 0 Å². The lowest BCUT2D eigenvalue weighted by molar-refractivity contribution is 0.0933. The van der Waals surface area contributed by atoms with E-state index in [4.69, 9.17) is 4.42 Å². The molecule has 0 saturated carbocycles. The molecule has 19 heavy (non-hydrogen) atoms. The van der Waals surface area contributed by atoms with Gasteiger partial charge in [0.25, 0.3) is 11.5 Å². The summed E-state index contributed by atoms with van der Waals surface area (Å²) in [4.78, 5) is 26.3. The van der Waals surface area contributed by atoms with Gasteiger partial charge in [-0.05, 0) is 45.0 Å². The minimum atomic E-state index is -0.414. The molecule has 0 aliphatic rings. The zero-order valence-electron chi connectivity index (χ0n) is 11.1. The van der Waals surface area contributed by atoms with Gasteiger partial charge < -0.3 is 14.7 Å². The first-order chi connectivity index (χ1) is 8.97. The van der Waals surface area contributed by atoms with Crippen LogP contribution < -0.4 is 10.9 Å². The minimum absolute atomic E-state index is 0.0979. The second-order valence-corrected chi connectivity index (χ2v) is 4.53. The van der Waals surface area contributed by atoms with Crippen LogP contribution in [-0.2, 0) is 0 Å². The van der Waals surface area contributed by atoms with Gasteiger partial charge in [0, 0.05) is 5.69 Å². The largest absolute Gasteiger partial charge is 0.464 e. The van der Waals surface area contributed by atoms with Crippen LogP contribution in [0.2, 0.25) is 0 Å². The fourth-order valence-electron chi connectivity index (χ4n) is 1.78. The van der Waals surface area contributed by atoms with E-state index in [1.165, 1.54) is 6.07 Å². The van der Waals surface area contributed by atoms with Crippen molar-refractivity contribution in [3.05, 3.63) is 57.4 Å². The van der Waals surface area contributed by atoms with Gasteiger partial charge in [0.05, 0.1) is 6.04 Å². The molecular weight excluding hydrogens is 244 g/mol. The van der Waals surface area contributed by atoms with E-state index >= 15 is 0 Å². The first-order valence-corrected chi connectivity index (χ1v) is 6.04. The summed E-state index contributed by atoms with van der Waals surface area (Å²) >= 11 is 0. The highest BCUT2D eigenvalue weighted by atomic mass is 16.3. The lowest BCUT2D eigenvalue weighted by atomic mass is 10.2. The molecular formula is C14H16N2O3. The second-order valence-electron chi connectivity index (χ2n) is 4.53. The Bertz CT molecular complexity index is 655. The van der Waals surface area contributed by atoms with E-state index in [2.05, 4.69) is 10.3 Å². The van der Waals surface area contributed by atoms with Gasteiger partial charge in [0.2, 0.25) is 0 Å². The quantitative estimate of drug-likeness (QED) is 0.887. The molecule has 5 nitrogen and oxygen atoms in total. The van der Waals surface area contributed by atoms with Gasteiger partial charge in [-0.3, -0.25) is 9.59 Å². The SMILES string of the molecule is Cc1ccc(C(=O)NC(C)c2ccc(C)o2)c(=O)[nH]1. The number of hydrogen-bond donors (Lipinski definition) is 2. The summed E-state index contributed by atoms with van der Waals surface area (Å²) in [5.41, 5.74) is 0.428. The molecule has 0 bridgehead atoms. The highest BCUT2D eigenvalue weighted by molar-refractivity contribution is 5.94. The fourth-order valence-corrected chi connectivity index (χ4v) is 1.78. The maximum atomic E-state index is 12.0. The number of carbonyl (C=O) groups excluding carboxylic acids is 1. The number of H-pyrrole nitrogens is 1. The first kappa shape index (κ1) is 13.1. The number of hydrogen-bond acceptors (Lipinski definition) is 3. The Hall–Kier alpha value is -2.30. The lowest BCUT2D eigenvalue weighted by Gasteiger charge is -2.11. The molecule has 0 radical (unpaired) electrons. The monoisotopic (exact) mass is 260 g/mol. The third-order valence-electron chi connectivity index (χ3n) is 2.84. The highest BCUT2D eigenvalue weighted by Crippen LogP contribution is 2.15. The van der Waals surface area contributed by atoms with Crippen molar-refractivity contribution in [2.45, 2.75) is 26.8 Å². The van der Waals surface area contributed by atoms with Crippen molar-refractivity contribution in [3.8, 4) is 0 Å². The Labute approximate surface area is 110 Å². The molecule has 1 amide bonds. The van der Waals surface area contributed by atoms with Crippen LogP contribution in [0.5, 0.6) is 0 Å². The zero-order valence-corrected chi connectivity index (χ0v) is 11.1. The molecule has 0 fully saturated rings. The van der Waals surface area contributed by atoms with Gasteiger partial charge in [-0.2, -0.15) is 0 Å². The average Bonchev–Trinajstić information content (AvgIpc) is 2.75. The number of rotatable bonds is 3. The van der Waals surface area contributed by atoms with Crippen LogP contribution in [0.15, 0.2) is 33.5 Å². The number of aromatic amines is 1. The van der Waals surface area contributed by atoms with Gasteiger partial charge in [-0.15, -0.1) is 0 Å². The van der Waals surface area contributed by atoms with Crippen molar-refractivity contribution in [2.75, 3.05) is 0 Å². The zero-order chi connectivity index (χ0) is 14.0. The molecule has 0 spiro atoms. The maximum Gasteiger partial charge on any atom is 0.260 e. The van der Waals surface area contributed by atoms with Crippen molar-refractivity contribution in [2.24, 2.45) is 0 Å². The molecule has 0 saturated heterocycles. The van der Waals surface area contributed by atoms with Crippen LogP contribution in [0.3, 0.4) is 0 Å². The number of aryl methyl sites for hydroxylation is 2. The van der Waals surface area contributed by atoms with Crippen LogP contribution >= 0.6 is 0 Å². The molecule has 100 valence electrons. The first-order valence-electron chi connectivity index (χ1n) is 6.04. The molecule has 2 aromatic rings. The van der Waals surface area contributed by atoms with E-state index in [9.17, 15) is 9.59 Å². The molecule has 2 N–H and O–H groups in total. The number of pyridine rings is 1. The van der Waals surface area contributed by atoms with Gasteiger partial charge in [0.1, 0.15) is 17.1 Å². The van der Waals surface area contributed by atoms with Gasteiger partial charge in [0.15, 0.2) is 0 Å². The van der Waals surface area contributed by atoms with Crippen LogP contribution in [-0.4, -0.2) is 10.9 Å². The van der Waals surface area contributed by atoms with Crippen LogP contribution in [0.1, 0.15) is 40.5 Å². The van der Waals surface area contributed by atoms with E-state index in [1.807, 2.05) is 13.0 Å². The summed E-state index contributed by atoms with van der Waals surface area (Å²) in [6.45, 7) is 5.40. The van der Waals surface area contributed by atoms with Crippen LogP contribution in [0.4, 0.5) is 0 Å². The van der Waals surface area contributed by atoms with Crippen molar-refractivity contribution in [1.82, 2.24) is 10.3 Å². The molecule has 2 heterocycles. The van der Waals surface area contributed by atoms with Gasteiger partial charge in [-0.25, -0.2) is 0 Å². The predicted octanol–water partition coefficient (Wildman–Crippen LogP) is 2.08. The normalized spacial score (nSPS) is 12.2. The molecule has 0 aromatic carbocycles. The molecule has 5 heteroatoms. The number of amides is 1. The van der Waals surface area contributed by atoms with Crippen LogP contribution in [0.25, 0.3) is 0 Å². The van der Waals surface area contributed by atoms with Crippen molar-refractivity contribution in [3.63, 3.8) is 0 Å². The Kier molecular flexibility index (Phi) is 3.55. The Balaban J connectivity index is 2.15. The average molecular weight is 260 g/mol. The molecule has 1 unspecified atom stereocenters. The summed E-state index contributed by atoms with van der Waals surface area (Å²) < 4.78 is 5.43. The topological polar surface area (TPSA) is 75.1 Å². The Morgan fingerprint density at radius 2 is 2.00 bits per heavy atom. The smallest absolute Gasteiger partial charge is 0.260 e. The number of furan rings is 1. The number of carbonyl (C=O) groups is 1. The molecule has 0 aliphatic carbocycles. The third kappa shape index (κ3) is 2.93. The van der Waals surface area contributed by atoms with Gasteiger partial charge >= 0.3 is 0 Å². The highest BCUT2D eigenvalue weighted by Gasteiger charge is 2.16. The Morgan fingerprint density at radius 1 is 1.26 bits per heavy atom. The van der Waals surface area contributed by atoms with Crippen molar-refractivity contribution >= 4 is 5.91 Å². The summed E-state index contributed by atoms with van der Waals surface area (Å²) in [7, 11) is 0. The maximum absolute atomic E-state index is 12.0. The standard InChI is InChI=1S/C14H16N2O3/c1-8-4-6-11(13(17)15-8)14(18)16-10(3)12-7-5-9(2)19-12/h4-7,10H,1-3H3,(H,15,17)(H,16,18). The minimum Gasteiger partial charge on any atom is -0.464 e. The lowest BCUT2D eigenvalue weighted by Crippen LogP contribution is -2.31. The number of aromatic nitrogens is 1. The van der Waals surface area contributed by atoms with E-state index in [0.717, 1.165) is 11.5 Å². The van der Waals surface area contributed by atoms with Crippen molar-refractivity contribution in [1.29, 1.82) is 0 Å².